The minimum atomic E-state index is -1.55. The molecule has 4 aliphatic heterocycles. The number of hydrogen-bond acceptors (Lipinski definition) is 13. The number of nitrogens with two attached hydrogens (primary N) is 3. The number of fused-ring (bicyclic) bond motifs is 2. The van der Waals surface area contributed by atoms with Crippen LogP contribution in [0, 0.1) is 0 Å². The van der Waals surface area contributed by atoms with Crippen LogP contribution in [0.3, 0.4) is 0 Å². The van der Waals surface area contributed by atoms with E-state index in [1.165, 1.54) is 78.6 Å². The molecule has 13 N–H and O–H groups in total. The molecule has 7 rings (SSSR count). The molecule has 4 heterocycles. The van der Waals surface area contributed by atoms with E-state index in [2.05, 4.69) is 72.6 Å². The molecule has 440 valence electrons. The van der Waals surface area contributed by atoms with Gasteiger partial charge in [-0.3, -0.25) is 33.6 Å². The molecule has 7 amide bonds. The molecule has 22 heteroatoms. The Morgan fingerprint density at radius 3 is 1.94 bits per heavy atom. The van der Waals surface area contributed by atoms with Crippen molar-refractivity contribution in [3.63, 3.8) is 0 Å². The summed E-state index contributed by atoms with van der Waals surface area (Å²) in [6, 6.07) is 14.2. The number of aliphatic hydroxyl groups is 1. The van der Waals surface area contributed by atoms with Crippen LogP contribution in [-0.2, 0) is 41.6 Å². The third kappa shape index (κ3) is 17.0. The number of benzene rings is 3. The molecule has 0 aliphatic carbocycles. The summed E-state index contributed by atoms with van der Waals surface area (Å²) in [5, 5.41) is 34.9. The Hall–Kier alpha value is -7.46. The Morgan fingerprint density at radius 1 is 0.679 bits per heavy atom. The molecule has 3 aromatic carbocycles. The number of phenolic OH excluding ortho intramolecular Hbond substituents is 1. The van der Waals surface area contributed by atoms with Gasteiger partial charge in [-0.1, -0.05) is 63.3 Å². The predicted octanol–water partition coefficient (Wildman–Crippen LogP) is 1.68. The number of rotatable bonds is 18. The van der Waals surface area contributed by atoms with Crippen LogP contribution in [-0.4, -0.2) is 168 Å². The number of amides is 7. The molecule has 4 aliphatic rings. The van der Waals surface area contributed by atoms with Crippen molar-refractivity contribution in [1.29, 1.82) is 0 Å². The highest BCUT2D eigenvalue weighted by atomic mass is 16.3. The number of anilines is 2. The van der Waals surface area contributed by atoms with Crippen molar-refractivity contribution in [2.45, 2.75) is 159 Å². The van der Waals surface area contributed by atoms with Crippen LogP contribution in [0.25, 0.3) is 0 Å². The van der Waals surface area contributed by atoms with E-state index < -0.39 is 89.7 Å². The van der Waals surface area contributed by atoms with Crippen LogP contribution in [0.15, 0.2) is 77.8 Å². The summed E-state index contributed by atoms with van der Waals surface area (Å²) in [6.45, 7) is 6.76. The first-order valence-electron chi connectivity index (χ1n) is 29.1. The Morgan fingerprint density at radius 2 is 1.30 bits per heavy atom. The lowest BCUT2D eigenvalue weighted by Gasteiger charge is -2.37. The molecule has 0 radical (unpaired) electrons. The van der Waals surface area contributed by atoms with Crippen molar-refractivity contribution in [1.82, 2.24) is 36.4 Å². The molecule has 81 heavy (non-hydrogen) atoms. The van der Waals surface area contributed by atoms with Crippen LogP contribution in [0.4, 0.5) is 11.4 Å². The van der Waals surface area contributed by atoms with Gasteiger partial charge in [-0.05, 0) is 131 Å². The molecule has 4 saturated heterocycles. The highest BCUT2D eigenvalue weighted by Gasteiger charge is 2.44. The predicted molar refractivity (Wildman–Crippen MR) is 310 cm³/mol. The van der Waals surface area contributed by atoms with Crippen molar-refractivity contribution in [2.24, 2.45) is 22.2 Å². The lowest BCUT2D eigenvalue weighted by molar-refractivity contribution is -0.144. The second-order valence-corrected chi connectivity index (χ2v) is 21.9. The molecule has 0 saturated carbocycles. The average Bonchev–Trinajstić information content (AvgIpc) is 4.20. The van der Waals surface area contributed by atoms with Gasteiger partial charge in [0.05, 0.1) is 12.1 Å². The van der Waals surface area contributed by atoms with Gasteiger partial charge < -0.3 is 73.6 Å². The van der Waals surface area contributed by atoms with Gasteiger partial charge in [0.1, 0.15) is 42.0 Å². The second-order valence-electron chi connectivity index (χ2n) is 21.9. The first kappa shape index (κ1) is 61.2. The molecule has 0 unspecified atom stereocenters. The van der Waals surface area contributed by atoms with Gasteiger partial charge in [0.2, 0.25) is 35.4 Å². The summed E-state index contributed by atoms with van der Waals surface area (Å²) in [5.41, 5.74) is 22.0. The minimum Gasteiger partial charge on any atom is -0.508 e. The number of aromatic hydroxyl groups is 1. The first-order chi connectivity index (χ1) is 39.0. The summed E-state index contributed by atoms with van der Waals surface area (Å²) < 4.78 is 0. The van der Waals surface area contributed by atoms with Gasteiger partial charge in [-0.15, -0.1) is 0 Å². The normalized spacial score (nSPS) is 24.0. The average molecular weight is 1120 g/mol. The van der Waals surface area contributed by atoms with Crippen molar-refractivity contribution in [3.05, 3.63) is 89.5 Å². The molecular weight excluding hydrogens is 1030 g/mol. The Balaban J connectivity index is 1.07. The minimum absolute atomic E-state index is 0.00974. The Kier molecular flexibility index (Phi) is 22.5. The van der Waals surface area contributed by atoms with E-state index >= 15 is 0 Å². The molecule has 8 atom stereocenters. The SMILES string of the molecule is CCCCCCCCc1ccc(N2CCN(c3ccc(C(=O)N[C@H]4CCCNC(=O)[C@@H]5C[C@H](N=C(N)N)CN5C(=O)[C@H](CCN)NC(=O)[C@H](CCc5ccc(O)cc5)NC(=O)[C@@H]5CCCN5C(=O)[C@H]([C@@H](C)O)NC4=O)cc3)CC2)cc1. The maximum atomic E-state index is 14.5. The third-order valence-electron chi connectivity index (χ3n) is 15.9. The maximum Gasteiger partial charge on any atom is 0.251 e. The number of nitrogens with zero attached hydrogens (tertiary/aromatic N) is 5. The lowest BCUT2D eigenvalue weighted by atomic mass is 10.0. The number of aliphatic hydroxyl groups excluding tert-OH is 1. The summed E-state index contributed by atoms with van der Waals surface area (Å²) in [6.07, 6.45) is 8.29. The maximum absolute atomic E-state index is 14.5. The fourth-order valence-electron chi connectivity index (χ4n) is 11.3. The molecule has 22 nitrogen and oxygen atoms in total. The second kappa shape index (κ2) is 29.8. The number of hydrogen-bond donors (Lipinski definition) is 10. The highest BCUT2D eigenvalue weighted by Crippen LogP contribution is 2.26. The van der Waals surface area contributed by atoms with E-state index in [1.807, 2.05) is 12.1 Å². The summed E-state index contributed by atoms with van der Waals surface area (Å²) in [4.78, 5) is 112. The fraction of sp³-hybridized carbons (Fsp3) is 0.559. The van der Waals surface area contributed by atoms with Gasteiger partial charge in [0.15, 0.2) is 5.96 Å². The first-order valence-corrected chi connectivity index (χ1v) is 29.1. The van der Waals surface area contributed by atoms with Crippen LogP contribution in [0.5, 0.6) is 5.75 Å². The number of phenols is 1. The van der Waals surface area contributed by atoms with Crippen molar-refractivity contribution in [2.75, 3.05) is 62.2 Å². The van der Waals surface area contributed by atoms with E-state index in [4.69, 9.17) is 17.2 Å². The van der Waals surface area contributed by atoms with E-state index in [9.17, 15) is 43.8 Å². The summed E-state index contributed by atoms with van der Waals surface area (Å²) in [7, 11) is 0. The number of carbonyl (C=O) groups is 7. The largest absolute Gasteiger partial charge is 0.508 e. The zero-order valence-electron chi connectivity index (χ0n) is 47.0. The van der Waals surface area contributed by atoms with E-state index in [1.54, 1.807) is 24.3 Å². The zero-order chi connectivity index (χ0) is 58.0. The van der Waals surface area contributed by atoms with E-state index in [0.29, 0.717) is 6.42 Å². The van der Waals surface area contributed by atoms with Crippen LogP contribution in [0.2, 0.25) is 0 Å². The van der Waals surface area contributed by atoms with Crippen LogP contribution < -0.4 is 53.6 Å². The van der Waals surface area contributed by atoms with Gasteiger partial charge >= 0.3 is 0 Å². The van der Waals surface area contributed by atoms with Gasteiger partial charge in [0, 0.05) is 69.2 Å². The van der Waals surface area contributed by atoms with Gasteiger partial charge in [0.25, 0.3) is 5.91 Å². The van der Waals surface area contributed by atoms with Crippen molar-refractivity contribution >= 4 is 58.7 Å². The molecule has 0 bridgehead atoms. The molecule has 4 fully saturated rings. The fourth-order valence-corrected chi connectivity index (χ4v) is 11.3. The standard InChI is InChI=1S/C59H85N13O9/c1-3-4-5-6-7-8-11-39-14-21-43(22-15-39)69-32-34-70(35-33-69)44-23-19-41(20-24-44)52(75)65-46-12-9-30-63-55(78)50-36-42(64-59(61)62)37-72(50)57(80)48(28-29-60)67-53(76)47(27-18-40-16-25-45(74)26-17-40)66-56(79)49-13-10-31-71(49)58(81)51(38(2)73)68-54(46)77/h14-17,19-26,38,42,46-51,73-74H,3-13,18,27-37,60H2,1-2H3,(H,63,78)(H,65,75)(H,66,79)(H,67,76)(H,68,77)(H4,61,62,64)/t38-,42+,46+,47+,48+,49+,50+,51+/m1/s1. The number of carbonyl (C=O) groups excluding carboxylic acids is 7. The number of aliphatic imine (C=N–C) groups is 1. The van der Waals surface area contributed by atoms with Crippen LogP contribution in [0.1, 0.15) is 119 Å². The van der Waals surface area contributed by atoms with E-state index in [0.717, 1.165) is 43.9 Å². The number of nitrogens with one attached hydrogen (secondary N) is 5. The third-order valence-corrected chi connectivity index (χ3v) is 15.9. The van der Waals surface area contributed by atoms with Gasteiger partial charge in [-0.25, -0.2) is 4.99 Å². The Labute approximate surface area is 475 Å². The van der Waals surface area contributed by atoms with Crippen molar-refractivity contribution < 1.29 is 43.8 Å². The quantitative estimate of drug-likeness (QED) is 0.0493. The van der Waals surface area contributed by atoms with Gasteiger partial charge in [-0.2, -0.15) is 0 Å². The summed E-state index contributed by atoms with van der Waals surface area (Å²) in [5.74, 6) is -4.89. The molecule has 3 aromatic rings. The lowest BCUT2D eigenvalue weighted by Crippen LogP contribution is -2.61. The topological polar surface area (TPSA) is 323 Å². The van der Waals surface area contributed by atoms with Crippen LogP contribution >= 0.6 is 0 Å². The van der Waals surface area contributed by atoms with Crippen molar-refractivity contribution in [3.8, 4) is 5.75 Å². The number of guanidine groups is 1. The molecular formula is C59H85N13O9. The smallest absolute Gasteiger partial charge is 0.251 e. The van der Waals surface area contributed by atoms with E-state index in [-0.39, 0.29) is 88.4 Å². The Bertz CT molecular complexity index is 2630. The molecule has 0 aromatic heterocycles. The monoisotopic (exact) mass is 1120 g/mol. The number of aryl methyl sites for hydroxylation is 2. The highest BCUT2D eigenvalue weighted by molar-refractivity contribution is 6.00. The zero-order valence-corrected chi connectivity index (χ0v) is 47.0. The number of piperazine rings is 1. The molecule has 0 spiro atoms. The number of unbranched alkanes of at least 4 members (excludes halogenated alkanes) is 5. The summed E-state index contributed by atoms with van der Waals surface area (Å²) >= 11 is 0.